The molecule has 0 radical (unpaired) electrons. The van der Waals surface area contributed by atoms with Crippen LogP contribution < -0.4 is 16.0 Å². The summed E-state index contributed by atoms with van der Waals surface area (Å²) < 4.78 is 4.37. The summed E-state index contributed by atoms with van der Waals surface area (Å²) in [5, 5.41) is 4.37. The Bertz CT molecular complexity index is 812. The van der Waals surface area contributed by atoms with E-state index in [1.54, 1.807) is 19.2 Å². The predicted octanol–water partition coefficient (Wildman–Crippen LogP) is 1.10. The van der Waals surface area contributed by atoms with Gasteiger partial charge in [0.15, 0.2) is 5.96 Å². The van der Waals surface area contributed by atoms with E-state index in [1.807, 2.05) is 12.1 Å². The third kappa shape index (κ3) is 4.73. The van der Waals surface area contributed by atoms with Crippen molar-refractivity contribution in [2.24, 2.45) is 10.7 Å². The number of benzene rings is 1. The van der Waals surface area contributed by atoms with Crippen molar-refractivity contribution in [1.82, 2.24) is 19.6 Å². The quantitative estimate of drug-likeness (QED) is 0.589. The van der Waals surface area contributed by atoms with Gasteiger partial charge in [0.1, 0.15) is 5.82 Å². The van der Waals surface area contributed by atoms with Crippen molar-refractivity contribution in [2.75, 3.05) is 38.1 Å². The maximum atomic E-state index is 11.3. The first kappa shape index (κ1) is 19.1. The van der Waals surface area contributed by atoms with E-state index < -0.39 is 5.91 Å². The number of amides is 1. The Morgan fingerprint density at radius 3 is 2.74 bits per heavy atom. The lowest BCUT2D eigenvalue weighted by atomic mass is 10.1. The number of hydrogen-bond donors (Lipinski definition) is 2. The van der Waals surface area contributed by atoms with Crippen molar-refractivity contribution in [1.29, 1.82) is 0 Å². The zero-order valence-corrected chi connectivity index (χ0v) is 16.5. The molecule has 1 aliphatic heterocycles. The molecule has 0 unspecified atom stereocenters. The largest absolute Gasteiger partial charge is 0.366 e. The standard InChI is InChI=1S/C18H25N7OS/c1-3-15-22-18(27-23-15)25-9-7-24(8-10-25)17(20-2)21-12-13-5-4-6-14(11-13)16(19)26/h4-6,11H,3,7-10,12H2,1-2H3,(H2,19,26)(H,20,21). The lowest BCUT2D eigenvalue weighted by molar-refractivity contribution is 0.1000. The maximum Gasteiger partial charge on any atom is 0.248 e. The van der Waals surface area contributed by atoms with Crippen LogP contribution in [0, 0.1) is 0 Å². The van der Waals surface area contributed by atoms with Gasteiger partial charge in [-0.3, -0.25) is 9.79 Å². The molecule has 0 aliphatic carbocycles. The van der Waals surface area contributed by atoms with E-state index in [1.165, 1.54) is 11.5 Å². The minimum Gasteiger partial charge on any atom is -0.366 e. The number of guanidine groups is 1. The van der Waals surface area contributed by atoms with E-state index in [4.69, 9.17) is 5.73 Å². The van der Waals surface area contributed by atoms with Crippen molar-refractivity contribution in [3.63, 3.8) is 0 Å². The van der Waals surface area contributed by atoms with Crippen LogP contribution in [-0.2, 0) is 13.0 Å². The minimum absolute atomic E-state index is 0.416. The summed E-state index contributed by atoms with van der Waals surface area (Å²) in [6.45, 7) is 6.15. The minimum atomic E-state index is -0.416. The number of aliphatic imine (C=N–C) groups is 1. The fourth-order valence-electron chi connectivity index (χ4n) is 2.97. The molecular formula is C18H25N7OS. The summed E-state index contributed by atoms with van der Waals surface area (Å²) >= 11 is 1.47. The van der Waals surface area contributed by atoms with Crippen molar-refractivity contribution in [2.45, 2.75) is 19.9 Å². The highest BCUT2D eigenvalue weighted by molar-refractivity contribution is 7.09. The maximum absolute atomic E-state index is 11.3. The molecular weight excluding hydrogens is 362 g/mol. The van der Waals surface area contributed by atoms with Crippen LogP contribution in [0.1, 0.15) is 28.7 Å². The first-order chi connectivity index (χ1) is 13.1. The van der Waals surface area contributed by atoms with Crippen molar-refractivity contribution < 1.29 is 4.79 Å². The molecule has 0 saturated carbocycles. The molecule has 0 bridgehead atoms. The molecule has 1 aromatic carbocycles. The lowest BCUT2D eigenvalue weighted by Crippen LogP contribution is -2.52. The number of piperazine rings is 1. The number of nitrogens with two attached hydrogens (primary N) is 1. The lowest BCUT2D eigenvalue weighted by Gasteiger charge is -2.36. The summed E-state index contributed by atoms with van der Waals surface area (Å²) in [4.78, 5) is 24.8. The summed E-state index contributed by atoms with van der Waals surface area (Å²) in [6.07, 6.45) is 0.865. The van der Waals surface area contributed by atoms with Crippen LogP contribution in [0.15, 0.2) is 29.3 Å². The molecule has 144 valence electrons. The number of carbonyl (C=O) groups is 1. The number of aryl methyl sites for hydroxylation is 1. The fourth-order valence-corrected chi connectivity index (χ4v) is 3.78. The van der Waals surface area contributed by atoms with Crippen LogP contribution in [0.4, 0.5) is 5.13 Å². The van der Waals surface area contributed by atoms with E-state index in [0.717, 1.165) is 55.1 Å². The summed E-state index contributed by atoms with van der Waals surface area (Å²) in [5.74, 6) is 1.35. The Morgan fingerprint density at radius 2 is 2.11 bits per heavy atom. The average molecular weight is 388 g/mol. The van der Waals surface area contributed by atoms with Crippen LogP contribution in [0.2, 0.25) is 0 Å². The Kier molecular flexibility index (Phi) is 6.23. The van der Waals surface area contributed by atoms with E-state index in [-0.39, 0.29) is 0 Å². The molecule has 2 aromatic rings. The van der Waals surface area contributed by atoms with Crippen LogP contribution in [0.3, 0.4) is 0 Å². The van der Waals surface area contributed by atoms with Gasteiger partial charge in [0, 0.05) is 63.3 Å². The van der Waals surface area contributed by atoms with Gasteiger partial charge < -0.3 is 20.9 Å². The normalized spacial score (nSPS) is 15.1. The highest BCUT2D eigenvalue weighted by atomic mass is 32.1. The molecule has 0 atom stereocenters. The zero-order chi connectivity index (χ0) is 19.2. The van der Waals surface area contributed by atoms with Gasteiger partial charge in [-0.1, -0.05) is 19.1 Å². The highest BCUT2D eigenvalue weighted by Gasteiger charge is 2.22. The Hall–Kier alpha value is -2.68. The molecule has 9 heteroatoms. The smallest absolute Gasteiger partial charge is 0.248 e. The first-order valence-corrected chi connectivity index (χ1v) is 9.80. The van der Waals surface area contributed by atoms with Crippen LogP contribution in [0.5, 0.6) is 0 Å². The van der Waals surface area contributed by atoms with Crippen LogP contribution in [0.25, 0.3) is 0 Å². The highest BCUT2D eigenvalue weighted by Crippen LogP contribution is 2.19. The van der Waals surface area contributed by atoms with Gasteiger partial charge in [-0.25, -0.2) is 4.98 Å². The van der Waals surface area contributed by atoms with Crippen molar-refractivity contribution >= 4 is 28.5 Å². The number of nitrogens with zero attached hydrogens (tertiary/aromatic N) is 5. The Labute approximate surface area is 163 Å². The number of rotatable bonds is 5. The Balaban J connectivity index is 1.54. The molecule has 8 nitrogen and oxygen atoms in total. The Morgan fingerprint density at radius 1 is 1.33 bits per heavy atom. The number of carbonyl (C=O) groups excluding carboxylic acids is 1. The van der Waals surface area contributed by atoms with E-state index in [9.17, 15) is 4.79 Å². The molecule has 1 saturated heterocycles. The molecule has 1 aliphatic rings. The summed E-state index contributed by atoms with van der Waals surface area (Å²) in [7, 11) is 1.78. The number of aromatic nitrogens is 2. The van der Waals surface area contributed by atoms with Gasteiger partial charge in [0.05, 0.1) is 0 Å². The van der Waals surface area contributed by atoms with Crippen LogP contribution >= 0.6 is 11.5 Å². The second-order valence-corrected chi connectivity index (χ2v) is 7.02. The fraction of sp³-hybridized carbons (Fsp3) is 0.444. The predicted molar refractivity (Wildman–Crippen MR) is 108 cm³/mol. The summed E-state index contributed by atoms with van der Waals surface area (Å²) in [6, 6.07) is 7.33. The molecule has 27 heavy (non-hydrogen) atoms. The topological polar surface area (TPSA) is 99.7 Å². The van der Waals surface area contributed by atoms with E-state index in [0.29, 0.717) is 12.1 Å². The van der Waals surface area contributed by atoms with Gasteiger partial charge in [0.2, 0.25) is 11.0 Å². The van der Waals surface area contributed by atoms with E-state index in [2.05, 4.69) is 36.4 Å². The molecule has 3 rings (SSSR count). The molecule has 2 heterocycles. The second kappa shape index (κ2) is 8.81. The molecule has 1 amide bonds. The van der Waals surface area contributed by atoms with Crippen LogP contribution in [-0.4, -0.2) is 59.4 Å². The molecule has 3 N–H and O–H groups in total. The molecule has 1 aromatic heterocycles. The molecule has 1 fully saturated rings. The van der Waals surface area contributed by atoms with Crippen molar-refractivity contribution in [3.05, 3.63) is 41.2 Å². The van der Waals surface area contributed by atoms with Gasteiger partial charge in [0.25, 0.3) is 0 Å². The number of hydrogen-bond acceptors (Lipinski definition) is 6. The van der Waals surface area contributed by atoms with Gasteiger partial charge in [-0.2, -0.15) is 4.37 Å². The second-order valence-electron chi connectivity index (χ2n) is 6.29. The third-order valence-electron chi connectivity index (χ3n) is 4.50. The van der Waals surface area contributed by atoms with Gasteiger partial charge in [-0.05, 0) is 17.7 Å². The summed E-state index contributed by atoms with van der Waals surface area (Å²) in [5.41, 5.74) is 6.86. The van der Waals surface area contributed by atoms with E-state index >= 15 is 0 Å². The average Bonchev–Trinajstić information content (AvgIpc) is 3.18. The third-order valence-corrected chi connectivity index (χ3v) is 5.31. The molecule has 0 spiro atoms. The number of nitrogens with one attached hydrogen (secondary N) is 1. The van der Waals surface area contributed by atoms with Crippen molar-refractivity contribution in [3.8, 4) is 0 Å². The number of anilines is 1. The monoisotopic (exact) mass is 387 g/mol. The van der Waals surface area contributed by atoms with Gasteiger partial charge in [-0.15, -0.1) is 0 Å². The number of primary amides is 1. The first-order valence-electron chi connectivity index (χ1n) is 9.02. The zero-order valence-electron chi connectivity index (χ0n) is 15.7. The SMILES string of the molecule is CCc1nsc(N2CCN(C(=NC)NCc3cccc(C(N)=O)c3)CC2)n1. The van der Waals surface area contributed by atoms with Gasteiger partial charge >= 0.3 is 0 Å².